The Hall–Kier alpha value is -0.810. The molecule has 0 amide bonds. The van der Waals surface area contributed by atoms with E-state index in [2.05, 4.69) is 23.1 Å². The normalized spacial score (nSPS) is 24.9. The molecule has 1 aliphatic carbocycles. The van der Waals surface area contributed by atoms with Crippen molar-refractivity contribution in [1.29, 1.82) is 0 Å². The molecule has 1 aliphatic rings. The number of aromatic nitrogens is 2. The summed E-state index contributed by atoms with van der Waals surface area (Å²) in [6.07, 6.45) is 4.92. The Kier molecular flexibility index (Phi) is 3.43. The minimum absolute atomic E-state index is 0.135. The molecule has 1 aromatic heterocycles. The van der Waals surface area contributed by atoms with E-state index in [4.69, 9.17) is 10.3 Å². The van der Waals surface area contributed by atoms with Gasteiger partial charge in [-0.25, -0.2) is 0 Å². The molecule has 0 saturated carbocycles. The van der Waals surface area contributed by atoms with Gasteiger partial charge in [-0.1, -0.05) is 24.2 Å². The molecule has 2 atom stereocenters. The molecule has 0 spiro atoms. The average molecular weight is 225 g/mol. The van der Waals surface area contributed by atoms with Crippen LogP contribution in [-0.4, -0.2) is 21.9 Å². The maximum absolute atomic E-state index is 5.77. The van der Waals surface area contributed by atoms with Crippen LogP contribution in [-0.2, 0) is 5.75 Å². The van der Waals surface area contributed by atoms with Gasteiger partial charge in [0.2, 0.25) is 5.89 Å². The van der Waals surface area contributed by atoms with Gasteiger partial charge in [0, 0.05) is 6.04 Å². The van der Waals surface area contributed by atoms with E-state index in [1.54, 1.807) is 11.8 Å². The van der Waals surface area contributed by atoms with Gasteiger partial charge in [0.25, 0.3) is 0 Å². The molecule has 0 aliphatic heterocycles. The van der Waals surface area contributed by atoms with Crippen LogP contribution < -0.4 is 5.73 Å². The van der Waals surface area contributed by atoms with E-state index >= 15 is 0 Å². The Morgan fingerprint density at radius 2 is 2.47 bits per heavy atom. The molecule has 0 radical (unpaired) electrons. The molecule has 2 rings (SSSR count). The molecule has 5 heteroatoms. The maximum atomic E-state index is 5.77. The zero-order chi connectivity index (χ0) is 10.7. The van der Waals surface area contributed by atoms with Gasteiger partial charge in [0.1, 0.15) is 0 Å². The van der Waals surface area contributed by atoms with Crippen molar-refractivity contribution in [1.82, 2.24) is 10.1 Å². The lowest BCUT2D eigenvalue weighted by Gasteiger charge is -2.01. The molecule has 15 heavy (non-hydrogen) atoms. The topological polar surface area (TPSA) is 64.9 Å². The molecule has 0 aromatic carbocycles. The van der Waals surface area contributed by atoms with E-state index in [0.29, 0.717) is 5.89 Å². The number of nitrogens with two attached hydrogens (primary N) is 1. The monoisotopic (exact) mass is 225 g/mol. The summed E-state index contributed by atoms with van der Waals surface area (Å²) in [6, 6.07) is 0.135. The third-order valence-electron chi connectivity index (χ3n) is 2.35. The molecule has 2 N–H and O–H groups in total. The first-order valence-corrected chi connectivity index (χ1v) is 6.29. The van der Waals surface area contributed by atoms with Gasteiger partial charge >= 0.3 is 0 Å². The standard InChI is InChI=1S/C10H15N3OS/c1-2-15-6-9-12-10(14-13-9)7-3-4-8(11)5-7/h3-4,7-8H,2,5-6,11H2,1H3. The molecular formula is C10H15N3OS. The largest absolute Gasteiger partial charge is 0.339 e. The van der Waals surface area contributed by atoms with Gasteiger partial charge in [-0.05, 0) is 12.2 Å². The molecule has 82 valence electrons. The summed E-state index contributed by atoms with van der Waals surface area (Å²) in [6.45, 7) is 2.12. The van der Waals surface area contributed by atoms with E-state index in [1.807, 2.05) is 6.08 Å². The lowest BCUT2D eigenvalue weighted by molar-refractivity contribution is 0.361. The Morgan fingerprint density at radius 3 is 3.13 bits per heavy atom. The predicted octanol–water partition coefficient (Wildman–Crippen LogP) is 1.69. The number of thioether (sulfide) groups is 1. The van der Waals surface area contributed by atoms with Crippen LogP contribution in [0, 0.1) is 0 Å². The summed E-state index contributed by atoms with van der Waals surface area (Å²) in [7, 11) is 0. The summed E-state index contributed by atoms with van der Waals surface area (Å²) in [5.74, 6) is 3.59. The predicted molar refractivity (Wildman–Crippen MR) is 60.6 cm³/mol. The smallest absolute Gasteiger partial charge is 0.233 e. The summed E-state index contributed by atoms with van der Waals surface area (Å²) in [5, 5.41) is 3.94. The fraction of sp³-hybridized carbons (Fsp3) is 0.600. The zero-order valence-corrected chi connectivity index (χ0v) is 9.54. The quantitative estimate of drug-likeness (QED) is 0.790. The Labute approximate surface area is 93.3 Å². The molecule has 0 saturated heterocycles. The van der Waals surface area contributed by atoms with Crippen LogP contribution in [0.4, 0.5) is 0 Å². The first-order chi connectivity index (χ1) is 7.29. The summed E-state index contributed by atoms with van der Waals surface area (Å²) >= 11 is 1.79. The van der Waals surface area contributed by atoms with E-state index in [-0.39, 0.29) is 12.0 Å². The van der Waals surface area contributed by atoms with Gasteiger partial charge in [-0.2, -0.15) is 16.7 Å². The average Bonchev–Trinajstić information content (AvgIpc) is 2.83. The third-order valence-corrected chi connectivity index (χ3v) is 3.22. The fourth-order valence-corrected chi connectivity index (χ4v) is 2.08. The lowest BCUT2D eigenvalue weighted by atomic mass is 10.1. The van der Waals surface area contributed by atoms with Crippen molar-refractivity contribution < 1.29 is 4.52 Å². The molecule has 0 fully saturated rings. The van der Waals surface area contributed by atoms with Crippen molar-refractivity contribution in [3.05, 3.63) is 23.9 Å². The van der Waals surface area contributed by atoms with E-state index in [1.165, 1.54) is 0 Å². The second-order valence-electron chi connectivity index (χ2n) is 3.58. The Morgan fingerprint density at radius 1 is 1.60 bits per heavy atom. The second kappa shape index (κ2) is 4.81. The zero-order valence-electron chi connectivity index (χ0n) is 8.72. The van der Waals surface area contributed by atoms with Gasteiger partial charge in [0.15, 0.2) is 5.82 Å². The van der Waals surface area contributed by atoms with Crippen LogP contribution in [0.2, 0.25) is 0 Å². The first kappa shape index (κ1) is 10.7. The van der Waals surface area contributed by atoms with E-state index < -0.39 is 0 Å². The highest BCUT2D eigenvalue weighted by atomic mass is 32.2. The molecule has 2 unspecified atom stereocenters. The molecule has 0 bridgehead atoms. The minimum Gasteiger partial charge on any atom is -0.339 e. The number of hydrogen-bond donors (Lipinski definition) is 1. The number of hydrogen-bond acceptors (Lipinski definition) is 5. The van der Waals surface area contributed by atoms with E-state index in [0.717, 1.165) is 23.8 Å². The minimum atomic E-state index is 0.135. The third kappa shape index (κ3) is 2.60. The number of rotatable bonds is 4. The van der Waals surface area contributed by atoms with Crippen molar-refractivity contribution >= 4 is 11.8 Å². The number of allylic oxidation sites excluding steroid dienone is 1. The maximum Gasteiger partial charge on any atom is 0.233 e. The van der Waals surface area contributed by atoms with Crippen LogP contribution in [0.3, 0.4) is 0 Å². The molecule has 1 aromatic rings. The summed E-state index contributed by atoms with van der Waals surface area (Å²) in [5.41, 5.74) is 5.77. The lowest BCUT2D eigenvalue weighted by Crippen LogP contribution is -2.14. The van der Waals surface area contributed by atoms with Crippen molar-refractivity contribution in [2.45, 2.75) is 31.1 Å². The van der Waals surface area contributed by atoms with Crippen LogP contribution in [0.1, 0.15) is 31.0 Å². The molecule has 1 heterocycles. The Bertz CT molecular complexity index is 350. The van der Waals surface area contributed by atoms with Gasteiger partial charge in [0.05, 0.1) is 11.7 Å². The highest BCUT2D eigenvalue weighted by molar-refractivity contribution is 7.98. The molecule has 4 nitrogen and oxygen atoms in total. The van der Waals surface area contributed by atoms with Crippen LogP contribution >= 0.6 is 11.8 Å². The van der Waals surface area contributed by atoms with Crippen molar-refractivity contribution in [2.75, 3.05) is 5.75 Å². The number of nitrogens with zero attached hydrogens (tertiary/aromatic N) is 2. The summed E-state index contributed by atoms with van der Waals surface area (Å²) < 4.78 is 5.21. The van der Waals surface area contributed by atoms with Crippen LogP contribution in [0.15, 0.2) is 16.7 Å². The van der Waals surface area contributed by atoms with Crippen molar-refractivity contribution in [3.8, 4) is 0 Å². The summed E-state index contributed by atoms with van der Waals surface area (Å²) in [4.78, 5) is 4.36. The first-order valence-electron chi connectivity index (χ1n) is 5.13. The highest BCUT2D eigenvalue weighted by Crippen LogP contribution is 2.26. The van der Waals surface area contributed by atoms with Gasteiger partial charge in [-0.3, -0.25) is 0 Å². The van der Waals surface area contributed by atoms with Gasteiger partial charge in [-0.15, -0.1) is 0 Å². The van der Waals surface area contributed by atoms with E-state index in [9.17, 15) is 0 Å². The fourth-order valence-electron chi connectivity index (χ4n) is 1.58. The molecular weight excluding hydrogens is 210 g/mol. The van der Waals surface area contributed by atoms with Crippen molar-refractivity contribution in [2.24, 2.45) is 5.73 Å². The van der Waals surface area contributed by atoms with Crippen LogP contribution in [0.5, 0.6) is 0 Å². The van der Waals surface area contributed by atoms with Crippen molar-refractivity contribution in [3.63, 3.8) is 0 Å². The second-order valence-corrected chi connectivity index (χ2v) is 4.85. The Balaban J connectivity index is 1.98. The van der Waals surface area contributed by atoms with Gasteiger partial charge < -0.3 is 10.3 Å². The highest BCUT2D eigenvalue weighted by Gasteiger charge is 2.22. The van der Waals surface area contributed by atoms with Crippen LogP contribution in [0.25, 0.3) is 0 Å². The SMILES string of the molecule is CCSCc1noc(C2C=CC(N)C2)n1.